The maximum absolute atomic E-state index is 13.0. The van der Waals surface area contributed by atoms with Gasteiger partial charge in [-0.3, -0.25) is 9.59 Å². The van der Waals surface area contributed by atoms with Gasteiger partial charge in [0.1, 0.15) is 11.6 Å². The number of amides is 1. The molecule has 0 aromatic heterocycles. The molecule has 136 valence electrons. The lowest BCUT2D eigenvalue weighted by Gasteiger charge is -2.17. The molecule has 5 nitrogen and oxygen atoms in total. The second kappa shape index (κ2) is 7.56. The fraction of sp³-hybridized carbons (Fsp3) is 0.300. The first-order valence-electron chi connectivity index (χ1n) is 8.37. The van der Waals surface area contributed by atoms with Crippen molar-refractivity contribution in [2.45, 2.75) is 12.3 Å². The van der Waals surface area contributed by atoms with Crippen molar-refractivity contribution < 1.29 is 23.8 Å². The number of ether oxygens (including phenoxy) is 1. The summed E-state index contributed by atoms with van der Waals surface area (Å²) in [6.07, 6.45) is 0.127. The van der Waals surface area contributed by atoms with Crippen LogP contribution in [0.3, 0.4) is 0 Å². The van der Waals surface area contributed by atoms with E-state index in [4.69, 9.17) is 4.74 Å². The summed E-state index contributed by atoms with van der Waals surface area (Å²) in [6.45, 7) is 0.523. The number of hydrogen-bond donors (Lipinski definition) is 1. The number of aliphatic carboxylic acids is 1. The Labute approximate surface area is 151 Å². The largest absolute Gasteiger partial charge is 0.497 e. The van der Waals surface area contributed by atoms with Crippen molar-refractivity contribution in [2.75, 3.05) is 20.2 Å². The summed E-state index contributed by atoms with van der Waals surface area (Å²) < 4.78 is 18.1. The Morgan fingerprint density at radius 1 is 1.12 bits per heavy atom. The van der Waals surface area contributed by atoms with E-state index >= 15 is 0 Å². The van der Waals surface area contributed by atoms with Crippen molar-refractivity contribution in [3.8, 4) is 5.75 Å². The molecule has 0 radical (unpaired) electrons. The number of likely N-dealkylation sites (tertiary alicyclic amines) is 1. The molecule has 26 heavy (non-hydrogen) atoms. The summed E-state index contributed by atoms with van der Waals surface area (Å²) in [4.78, 5) is 25.8. The molecule has 2 aromatic carbocycles. The van der Waals surface area contributed by atoms with Crippen LogP contribution in [-0.4, -0.2) is 42.1 Å². The molecule has 1 N–H and O–H groups in total. The van der Waals surface area contributed by atoms with Crippen LogP contribution in [0.2, 0.25) is 0 Å². The van der Waals surface area contributed by atoms with Gasteiger partial charge in [0, 0.05) is 19.0 Å². The molecule has 3 rings (SSSR count). The van der Waals surface area contributed by atoms with Gasteiger partial charge in [0.2, 0.25) is 5.91 Å². The van der Waals surface area contributed by atoms with Crippen molar-refractivity contribution in [3.05, 3.63) is 65.5 Å². The standard InChI is InChI=1S/C20H20FNO4/c1-26-16-8-4-14(5-9-16)17-11-22(12-18(17)20(24)25)19(23)10-13-2-6-15(21)7-3-13/h2-9,17-18H,10-12H2,1H3,(H,24,25)/t17-,18+/m0/s1. The molecule has 0 bridgehead atoms. The van der Waals surface area contributed by atoms with Crippen LogP contribution in [0.1, 0.15) is 17.0 Å². The van der Waals surface area contributed by atoms with Crippen LogP contribution < -0.4 is 4.74 Å². The van der Waals surface area contributed by atoms with Crippen molar-refractivity contribution in [3.63, 3.8) is 0 Å². The van der Waals surface area contributed by atoms with Gasteiger partial charge in [-0.1, -0.05) is 24.3 Å². The molecule has 1 fully saturated rings. The van der Waals surface area contributed by atoms with E-state index in [9.17, 15) is 19.1 Å². The number of carboxylic acids is 1. The SMILES string of the molecule is COc1ccc([C@@H]2CN(C(=O)Cc3ccc(F)cc3)C[C@H]2C(=O)O)cc1. The van der Waals surface area contributed by atoms with E-state index in [1.165, 1.54) is 12.1 Å². The molecular formula is C20H20FNO4. The van der Waals surface area contributed by atoms with E-state index in [-0.39, 0.29) is 30.6 Å². The lowest BCUT2D eigenvalue weighted by Crippen LogP contribution is -2.31. The fourth-order valence-electron chi connectivity index (χ4n) is 3.34. The maximum atomic E-state index is 13.0. The van der Waals surface area contributed by atoms with Crippen molar-refractivity contribution in [2.24, 2.45) is 5.92 Å². The highest BCUT2D eigenvalue weighted by Gasteiger charge is 2.40. The van der Waals surface area contributed by atoms with E-state index in [0.717, 1.165) is 5.56 Å². The Morgan fingerprint density at radius 2 is 1.77 bits per heavy atom. The molecule has 0 unspecified atom stereocenters. The first kappa shape index (κ1) is 17.9. The smallest absolute Gasteiger partial charge is 0.308 e. The summed E-state index contributed by atoms with van der Waals surface area (Å²) in [5.41, 5.74) is 1.58. The van der Waals surface area contributed by atoms with Crippen molar-refractivity contribution >= 4 is 11.9 Å². The van der Waals surface area contributed by atoms with Gasteiger partial charge >= 0.3 is 5.97 Å². The number of benzene rings is 2. The molecule has 1 amide bonds. The zero-order chi connectivity index (χ0) is 18.7. The predicted octanol–water partition coefficient (Wildman–Crippen LogP) is 2.70. The first-order valence-corrected chi connectivity index (χ1v) is 8.37. The van der Waals surface area contributed by atoms with Gasteiger partial charge in [0.15, 0.2) is 0 Å². The number of carboxylic acid groups (broad SMARTS) is 1. The Hall–Kier alpha value is -2.89. The Balaban J connectivity index is 1.74. The van der Waals surface area contributed by atoms with Crippen LogP contribution in [0.5, 0.6) is 5.75 Å². The number of rotatable bonds is 5. The average Bonchev–Trinajstić information content (AvgIpc) is 3.09. The highest BCUT2D eigenvalue weighted by atomic mass is 19.1. The maximum Gasteiger partial charge on any atom is 0.308 e. The lowest BCUT2D eigenvalue weighted by atomic mass is 9.89. The quantitative estimate of drug-likeness (QED) is 0.893. The molecule has 2 aromatic rings. The number of carbonyl (C=O) groups excluding carboxylic acids is 1. The molecule has 1 aliphatic rings. The van der Waals surface area contributed by atoms with E-state index in [1.54, 1.807) is 36.3 Å². The van der Waals surface area contributed by atoms with Crippen LogP contribution in [0.15, 0.2) is 48.5 Å². The fourth-order valence-corrected chi connectivity index (χ4v) is 3.34. The van der Waals surface area contributed by atoms with Crippen molar-refractivity contribution in [1.29, 1.82) is 0 Å². The lowest BCUT2D eigenvalue weighted by molar-refractivity contribution is -0.141. The monoisotopic (exact) mass is 357 g/mol. The number of halogens is 1. The van der Waals surface area contributed by atoms with Crippen LogP contribution in [-0.2, 0) is 16.0 Å². The third-order valence-electron chi connectivity index (χ3n) is 4.80. The number of hydrogen-bond acceptors (Lipinski definition) is 3. The minimum Gasteiger partial charge on any atom is -0.497 e. The molecule has 0 saturated carbocycles. The zero-order valence-corrected chi connectivity index (χ0v) is 14.4. The minimum atomic E-state index is -0.914. The summed E-state index contributed by atoms with van der Waals surface area (Å²) in [7, 11) is 1.57. The average molecular weight is 357 g/mol. The van der Waals surface area contributed by atoms with Gasteiger partial charge in [-0.2, -0.15) is 0 Å². The molecule has 1 aliphatic heterocycles. The van der Waals surface area contributed by atoms with Crippen LogP contribution >= 0.6 is 0 Å². The van der Waals surface area contributed by atoms with E-state index in [1.807, 2.05) is 12.1 Å². The van der Waals surface area contributed by atoms with Gasteiger partial charge in [-0.05, 0) is 35.4 Å². The van der Waals surface area contributed by atoms with E-state index in [2.05, 4.69) is 0 Å². The highest BCUT2D eigenvalue weighted by Crippen LogP contribution is 2.34. The van der Waals surface area contributed by atoms with Crippen LogP contribution in [0.4, 0.5) is 4.39 Å². The van der Waals surface area contributed by atoms with Crippen LogP contribution in [0, 0.1) is 11.7 Å². The second-order valence-corrected chi connectivity index (χ2v) is 6.43. The zero-order valence-electron chi connectivity index (χ0n) is 14.4. The molecule has 1 saturated heterocycles. The third kappa shape index (κ3) is 3.85. The van der Waals surface area contributed by atoms with E-state index < -0.39 is 11.9 Å². The second-order valence-electron chi connectivity index (χ2n) is 6.43. The Morgan fingerprint density at radius 3 is 2.35 bits per heavy atom. The topological polar surface area (TPSA) is 66.8 Å². The molecule has 2 atom stereocenters. The normalized spacial score (nSPS) is 19.4. The molecule has 6 heteroatoms. The first-order chi connectivity index (χ1) is 12.5. The molecule has 0 spiro atoms. The molecule has 0 aliphatic carbocycles. The summed E-state index contributed by atoms with van der Waals surface area (Å²) >= 11 is 0. The molecule has 1 heterocycles. The summed E-state index contributed by atoms with van der Waals surface area (Å²) in [6, 6.07) is 13.0. The van der Waals surface area contributed by atoms with Crippen LogP contribution in [0.25, 0.3) is 0 Å². The number of nitrogens with zero attached hydrogens (tertiary/aromatic N) is 1. The van der Waals surface area contributed by atoms with E-state index in [0.29, 0.717) is 17.9 Å². The van der Waals surface area contributed by atoms with Crippen molar-refractivity contribution in [1.82, 2.24) is 4.90 Å². The molecular weight excluding hydrogens is 337 g/mol. The van der Waals surface area contributed by atoms with Gasteiger partial charge in [0.05, 0.1) is 19.4 Å². The van der Waals surface area contributed by atoms with Gasteiger partial charge in [-0.25, -0.2) is 4.39 Å². The highest BCUT2D eigenvalue weighted by molar-refractivity contribution is 5.81. The van der Waals surface area contributed by atoms with Gasteiger partial charge < -0.3 is 14.7 Å². The number of carbonyl (C=O) groups is 2. The summed E-state index contributed by atoms with van der Waals surface area (Å²) in [5.74, 6) is -1.64. The Bertz CT molecular complexity index is 788. The minimum absolute atomic E-state index is 0.127. The van der Waals surface area contributed by atoms with Gasteiger partial charge in [-0.15, -0.1) is 0 Å². The van der Waals surface area contributed by atoms with Gasteiger partial charge in [0.25, 0.3) is 0 Å². The predicted molar refractivity (Wildman–Crippen MR) is 93.5 cm³/mol. The number of methoxy groups -OCH3 is 1. The summed E-state index contributed by atoms with van der Waals surface area (Å²) in [5, 5.41) is 9.56. The Kier molecular flexibility index (Phi) is 5.21. The third-order valence-corrected chi connectivity index (χ3v) is 4.80.